The maximum atomic E-state index is 11.9. The van der Waals surface area contributed by atoms with Crippen LogP contribution >= 0.6 is 0 Å². The minimum Gasteiger partial charge on any atom is -0.480 e. The van der Waals surface area contributed by atoms with E-state index in [1.165, 1.54) is 11.9 Å². The van der Waals surface area contributed by atoms with Crippen LogP contribution in [0.3, 0.4) is 0 Å². The summed E-state index contributed by atoms with van der Waals surface area (Å²) in [5.74, 6) is -1.17. The predicted octanol–water partition coefficient (Wildman–Crippen LogP) is 1.45. The zero-order valence-corrected chi connectivity index (χ0v) is 12.7. The molecule has 0 aromatic heterocycles. The number of rotatable bonds is 3. The highest BCUT2D eigenvalue weighted by atomic mass is 16.6. The summed E-state index contributed by atoms with van der Waals surface area (Å²) >= 11 is 0. The van der Waals surface area contributed by atoms with E-state index in [0.29, 0.717) is 6.42 Å². The Morgan fingerprint density at radius 2 is 1.81 bits per heavy atom. The molecule has 8 nitrogen and oxygen atoms in total. The molecule has 0 spiro atoms. The van der Waals surface area contributed by atoms with Crippen LogP contribution in [-0.2, 0) is 9.53 Å². The van der Waals surface area contributed by atoms with Gasteiger partial charge in [-0.05, 0) is 33.6 Å². The van der Waals surface area contributed by atoms with E-state index >= 15 is 0 Å². The van der Waals surface area contributed by atoms with Crippen LogP contribution in [0.1, 0.15) is 33.6 Å². The molecule has 2 amide bonds. The Labute approximate surface area is 123 Å². The quantitative estimate of drug-likeness (QED) is 0.817. The van der Waals surface area contributed by atoms with Gasteiger partial charge in [-0.2, -0.15) is 0 Å². The van der Waals surface area contributed by atoms with Gasteiger partial charge < -0.3 is 19.8 Å². The van der Waals surface area contributed by atoms with Crippen LogP contribution in [0.15, 0.2) is 0 Å². The summed E-state index contributed by atoms with van der Waals surface area (Å²) in [5, 5.41) is 18.2. The number of aliphatic carboxylic acids is 1. The molecule has 0 aromatic rings. The van der Waals surface area contributed by atoms with Crippen LogP contribution in [0.25, 0.3) is 0 Å². The molecule has 0 radical (unpaired) electrons. The van der Waals surface area contributed by atoms with Gasteiger partial charge in [0.15, 0.2) is 0 Å². The largest absolute Gasteiger partial charge is 0.480 e. The number of nitrogens with zero attached hydrogens (tertiary/aromatic N) is 2. The first-order valence-electron chi connectivity index (χ1n) is 6.71. The number of likely N-dealkylation sites (N-methyl/N-ethyl adjacent to an activating group) is 1. The Kier molecular flexibility index (Phi) is 5.03. The summed E-state index contributed by atoms with van der Waals surface area (Å²) in [6.45, 7) is 5.31. The lowest BCUT2D eigenvalue weighted by Crippen LogP contribution is -2.49. The molecule has 1 fully saturated rings. The average molecular weight is 302 g/mol. The Morgan fingerprint density at radius 3 is 2.24 bits per heavy atom. The van der Waals surface area contributed by atoms with Crippen molar-refractivity contribution in [3.63, 3.8) is 0 Å². The second-order valence-electron chi connectivity index (χ2n) is 6.14. The molecule has 21 heavy (non-hydrogen) atoms. The van der Waals surface area contributed by atoms with Gasteiger partial charge >= 0.3 is 18.2 Å². The van der Waals surface area contributed by atoms with Crippen molar-refractivity contribution in [2.45, 2.75) is 51.3 Å². The summed E-state index contributed by atoms with van der Waals surface area (Å²) < 4.78 is 5.18. The van der Waals surface area contributed by atoms with E-state index in [1.807, 2.05) is 0 Å². The summed E-state index contributed by atoms with van der Waals surface area (Å²) in [4.78, 5) is 36.3. The van der Waals surface area contributed by atoms with Gasteiger partial charge in [0, 0.05) is 13.6 Å². The molecule has 0 bridgehead atoms. The monoisotopic (exact) mass is 302 g/mol. The molecule has 1 rings (SSSR count). The standard InChI is InChI=1S/C13H22N2O6/c1-13(2,3)21-12(20)14(4)7-8-5-6-9(10(16)17)15(8)11(18)19/h8-9H,5-7H2,1-4H3,(H,16,17)(H,18,19). The number of carbonyl (C=O) groups excluding carboxylic acids is 1. The topological polar surface area (TPSA) is 107 Å². The van der Waals surface area contributed by atoms with Crippen molar-refractivity contribution in [2.75, 3.05) is 13.6 Å². The predicted molar refractivity (Wildman–Crippen MR) is 73.2 cm³/mol. The van der Waals surface area contributed by atoms with E-state index in [4.69, 9.17) is 14.9 Å². The molecule has 1 saturated heterocycles. The summed E-state index contributed by atoms with van der Waals surface area (Å²) in [6.07, 6.45) is -1.21. The van der Waals surface area contributed by atoms with Crippen molar-refractivity contribution in [2.24, 2.45) is 0 Å². The van der Waals surface area contributed by atoms with Crippen molar-refractivity contribution in [1.29, 1.82) is 0 Å². The number of hydrogen-bond acceptors (Lipinski definition) is 4. The smallest absolute Gasteiger partial charge is 0.410 e. The lowest BCUT2D eigenvalue weighted by Gasteiger charge is -2.30. The normalized spacial score (nSPS) is 22.0. The van der Waals surface area contributed by atoms with Crippen LogP contribution in [0.5, 0.6) is 0 Å². The first-order valence-corrected chi connectivity index (χ1v) is 6.71. The van der Waals surface area contributed by atoms with Crippen LogP contribution in [0, 0.1) is 0 Å². The molecule has 120 valence electrons. The van der Waals surface area contributed by atoms with Crippen LogP contribution in [-0.4, -0.2) is 69.4 Å². The number of carboxylic acids is 1. The lowest BCUT2D eigenvalue weighted by atomic mass is 10.2. The summed E-state index contributed by atoms with van der Waals surface area (Å²) in [5.41, 5.74) is -0.642. The average Bonchev–Trinajstić information content (AvgIpc) is 2.70. The molecule has 2 atom stereocenters. The number of carbonyl (C=O) groups is 3. The Morgan fingerprint density at radius 1 is 1.24 bits per heavy atom. The van der Waals surface area contributed by atoms with Crippen LogP contribution in [0.2, 0.25) is 0 Å². The van der Waals surface area contributed by atoms with Crippen molar-refractivity contribution in [1.82, 2.24) is 9.80 Å². The minimum absolute atomic E-state index is 0.102. The van der Waals surface area contributed by atoms with Crippen LogP contribution in [0.4, 0.5) is 9.59 Å². The fourth-order valence-electron chi connectivity index (χ4n) is 2.32. The molecule has 8 heteroatoms. The molecule has 1 heterocycles. The molecule has 0 aliphatic carbocycles. The molecule has 0 aromatic carbocycles. The number of carboxylic acid groups (broad SMARTS) is 2. The third kappa shape index (κ3) is 4.51. The third-order valence-corrected chi connectivity index (χ3v) is 3.20. The Balaban J connectivity index is 2.71. The van der Waals surface area contributed by atoms with Gasteiger partial charge in [-0.15, -0.1) is 0 Å². The Hall–Kier alpha value is -1.99. The first kappa shape index (κ1) is 17.1. The van der Waals surface area contributed by atoms with Gasteiger partial charge in [-0.3, -0.25) is 4.90 Å². The van der Waals surface area contributed by atoms with E-state index in [0.717, 1.165) is 4.90 Å². The summed E-state index contributed by atoms with van der Waals surface area (Å²) in [6, 6.07) is -1.60. The highest BCUT2D eigenvalue weighted by Gasteiger charge is 2.42. The molecule has 2 unspecified atom stereocenters. The highest BCUT2D eigenvalue weighted by molar-refractivity contribution is 5.80. The van der Waals surface area contributed by atoms with Gasteiger partial charge in [0.1, 0.15) is 11.6 Å². The van der Waals surface area contributed by atoms with Gasteiger partial charge in [0.05, 0.1) is 6.04 Å². The zero-order valence-electron chi connectivity index (χ0n) is 12.7. The minimum atomic E-state index is -1.29. The van der Waals surface area contributed by atoms with Gasteiger partial charge in [-0.1, -0.05) is 0 Å². The third-order valence-electron chi connectivity index (χ3n) is 3.20. The van der Waals surface area contributed by atoms with Gasteiger partial charge in [0.25, 0.3) is 0 Å². The lowest BCUT2D eigenvalue weighted by molar-refractivity contribution is -0.142. The van der Waals surface area contributed by atoms with Crippen LogP contribution < -0.4 is 0 Å². The van der Waals surface area contributed by atoms with E-state index in [1.54, 1.807) is 20.8 Å². The zero-order chi connectivity index (χ0) is 16.4. The molecule has 0 saturated carbocycles. The molecule has 1 aliphatic heterocycles. The van der Waals surface area contributed by atoms with E-state index in [2.05, 4.69) is 0 Å². The van der Waals surface area contributed by atoms with Crippen molar-refractivity contribution < 1.29 is 29.3 Å². The SMILES string of the molecule is CN(CC1CCC(C(=O)O)N1C(=O)O)C(=O)OC(C)(C)C. The molecule has 1 aliphatic rings. The first-order chi connectivity index (χ1) is 9.53. The van der Waals surface area contributed by atoms with E-state index in [-0.39, 0.29) is 13.0 Å². The molecular weight excluding hydrogens is 280 g/mol. The second kappa shape index (κ2) is 6.19. The number of likely N-dealkylation sites (tertiary alicyclic amines) is 1. The van der Waals surface area contributed by atoms with Gasteiger partial charge in [-0.25, -0.2) is 14.4 Å². The second-order valence-corrected chi connectivity index (χ2v) is 6.14. The van der Waals surface area contributed by atoms with E-state index < -0.39 is 35.8 Å². The number of amides is 2. The maximum Gasteiger partial charge on any atom is 0.410 e. The molecular formula is C13H22N2O6. The fourth-order valence-corrected chi connectivity index (χ4v) is 2.32. The van der Waals surface area contributed by atoms with E-state index in [9.17, 15) is 14.4 Å². The maximum absolute atomic E-state index is 11.9. The highest BCUT2D eigenvalue weighted by Crippen LogP contribution is 2.25. The fraction of sp³-hybridized carbons (Fsp3) is 0.769. The number of hydrogen-bond donors (Lipinski definition) is 2. The van der Waals surface area contributed by atoms with Crippen molar-refractivity contribution in [3.8, 4) is 0 Å². The van der Waals surface area contributed by atoms with Crippen molar-refractivity contribution in [3.05, 3.63) is 0 Å². The molecule has 2 N–H and O–H groups in total. The van der Waals surface area contributed by atoms with Crippen molar-refractivity contribution >= 4 is 18.2 Å². The Bertz CT molecular complexity index is 431. The number of ether oxygens (including phenoxy) is 1. The van der Waals surface area contributed by atoms with Gasteiger partial charge in [0.2, 0.25) is 0 Å². The summed E-state index contributed by atoms with van der Waals surface area (Å²) in [7, 11) is 1.50.